The Morgan fingerprint density at radius 2 is 2.00 bits per heavy atom. The quantitative estimate of drug-likeness (QED) is 0.586. The number of ether oxygens (including phenoxy) is 1. The van der Waals surface area contributed by atoms with E-state index in [-0.39, 0.29) is 17.2 Å². The van der Waals surface area contributed by atoms with E-state index in [1.165, 1.54) is 12.1 Å². The monoisotopic (exact) mass is 271 g/mol. The van der Waals surface area contributed by atoms with Gasteiger partial charge in [-0.1, -0.05) is 0 Å². The van der Waals surface area contributed by atoms with Crippen LogP contribution in [0.1, 0.15) is 6.92 Å². The standard InChI is InChI=1S/C11H13NO3S2/c1-2-15-10-3-5-11(6-4-10)17(13,14)8-7-12-9-16/h3-6H,2,7-8H2,1H3. The molecular weight excluding hydrogens is 258 g/mol. The molecule has 0 aliphatic heterocycles. The van der Waals surface area contributed by atoms with Crippen molar-refractivity contribution in [3.8, 4) is 5.75 Å². The lowest BCUT2D eigenvalue weighted by Gasteiger charge is -2.05. The van der Waals surface area contributed by atoms with Crippen LogP contribution in [-0.4, -0.2) is 32.5 Å². The van der Waals surface area contributed by atoms with Crippen molar-refractivity contribution >= 4 is 27.2 Å². The SMILES string of the molecule is CCOc1ccc(S(=O)(=O)CCN=C=S)cc1. The first-order valence-corrected chi connectivity index (χ1v) is 7.15. The number of thiocarbonyl (C=S) groups is 1. The lowest BCUT2D eigenvalue weighted by molar-refractivity contribution is 0.340. The summed E-state index contributed by atoms with van der Waals surface area (Å²) in [6.07, 6.45) is 0. The fourth-order valence-corrected chi connectivity index (χ4v) is 2.45. The Hall–Kier alpha value is -1.23. The van der Waals surface area contributed by atoms with Gasteiger partial charge in [0, 0.05) is 0 Å². The Morgan fingerprint density at radius 3 is 2.53 bits per heavy atom. The number of hydrogen-bond donors (Lipinski definition) is 0. The zero-order chi connectivity index (χ0) is 12.7. The van der Waals surface area contributed by atoms with Crippen molar-refractivity contribution in [1.82, 2.24) is 0 Å². The average molecular weight is 271 g/mol. The Balaban J connectivity index is 2.80. The Bertz CT molecular complexity index is 502. The van der Waals surface area contributed by atoms with Crippen LogP contribution < -0.4 is 4.74 Å². The van der Waals surface area contributed by atoms with Gasteiger partial charge in [0.2, 0.25) is 0 Å². The third-order valence-electron chi connectivity index (χ3n) is 2.03. The number of isothiocyanates is 1. The zero-order valence-electron chi connectivity index (χ0n) is 9.42. The van der Waals surface area contributed by atoms with Crippen molar-refractivity contribution in [2.24, 2.45) is 4.99 Å². The number of nitrogens with zero attached hydrogens (tertiary/aromatic N) is 1. The third-order valence-corrected chi connectivity index (χ3v) is 3.87. The summed E-state index contributed by atoms with van der Waals surface area (Å²) in [5.74, 6) is 0.591. The number of sulfone groups is 1. The molecule has 1 aromatic carbocycles. The maximum absolute atomic E-state index is 11.8. The lowest BCUT2D eigenvalue weighted by Crippen LogP contribution is -2.09. The van der Waals surface area contributed by atoms with Crippen LogP contribution in [0.25, 0.3) is 0 Å². The molecule has 0 aromatic heterocycles. The summed E-state index contributed by atoms with van der Waals surface area (Å²) in [6.45, 7) is 2.56. The first-order valence-electron chi connectivity index (χ1n) is 5.09. The van der Waals surface area contributed by atoms with Crippen molar-refractivity contribution in [1.29, 1.82) is 0 Å². The Kier molecular flexibility index (Phi) is 5.28. The minimum atomic E-state index is -3.30. The molecule has 17 heavy (non-hydrogen) atoms. The molecule has 1 rings (SSSR count). The van der Waals surface area contributed by atoms with Gasteiger partial charge in [-0.2, -0.15) is 0 Å². The van der Waals surface area contributed by atoms with Gasteiger partial charge in [0.25, 0.3) is 0 Å². The highest BCUT2D eigenvalue weighted by molar-refractivity contribution is 7.91. The van der Waals surface area contributed by atoms with Crippen LogP contribution in [-0.2, 0) is 9.84 Å². The van der Waals surface area contributed by atoms with Crippen molar-refractivity contribution in [3.63, 3.8) is 0 Å². The summed E-state index contributed by atoms with van der Waals surface area (Å²) in [5, 5.41) is 2.14. The highest BCUT2D eigenvalue weighted by Gasteiger charge is 2.13. The molecule has 0 heterocycles. The first-order chi connectivity index (χ1) is 8.10. The zero-order valence-corrected chi connectivity index (χ0v) is 11.1. The molecule has 6 heteroatoms. The van der Waals surface area contributed by atoms with Gasteiger partial charge in [0.05, 0.1) is 29.0 Å². The summed E-state index contributed by atoms with van der Waals surface area (Å²) in [5.41, 5.74) is 0. The fraction of sp³-hybridized carbons (Fsp3) is 0.364. The van der Waals surface area contributed by atoms with Gasteiger partial charge in [0.1, 0.15) is 5.75 Å². The molecule has 0 amide bonds. The van der Waals surface area contributed by atoms with E-state index in [2.05, 4.69) is 22.4 Å². The molecule has 0 fully saturated rings. The molecule has 0 N–H and O–H groups in total. The van der Waals surface area contributed by atoms with E-state index >= 15 is 0 Å². The molecule has 0 atom stereocenters. The van der Waals surface area contributed by atoms with Crippen LogP contribution in [0.4, 0.5) is 0 Å². The predicted molar refractivity (Wildman–Crippen MR) is 69.6 cm³/mol. The summed E-state index contributed by atoms with van der Waals surface area (Å²) >= 11 is 4.38. The number of benzene rings is 1. The van der Waals surface area contributed by atoms with Gasteiger partial charge < -0.3 is 4.74 Å². The van der Waals surface area contributed by atoms with Crippen molar-refractivity contribution in [2.75, 3.05) is 18.9 Å². The van der Waals surface area contributed by atoms with E-state index < -0.39 is 9.84 Å². The molecule has 0 radical (unpaired) electrons. The lowest BCUT2D eigenvalue weighted by atomic mass is 10.3. The molecule has 0 aliphatic carbocycles. The van der Waals surface area contributed by atoms with Crippen LogP contribution in [0.15, 0.2) is 34.2 Å². The molecule has 0 saturated heterocycles. The second-order valence-electron chi connectivity index (χ2n) is 3.20. The van der Waals surface area contributed by atoms with E-state index in [1.807, 2.05) is 6.92 Å². The van der Waals surface area contributed by atoms with E-state index in [4.69, 9.17) is 4.74 Å². The summed E-state index contributed by atoms with van der Waals surface area (Å²) < 4.78 is 28.9. The Labute approximate surface area is 106 Å². The minimum absolute atomic E-state index is 0.0649. The number of hydrogen-bond acceptors (Lipinski definition) is 5. The van der Waals surface area contributed by atoms with E-state index in [9.17, 15) is 8.42 Å². The summed E-state index contributed by atoms with van der Waals surface area (Å²) in [6, 6.07) is 6.33. The molecule has 0 unspecified atom stereocenters. The topological polar surface area (TPSA) is 55.7 Å². The van der Waals surface area contributed by atoms with Gasteiger partial charge in [0.15, 0.2) is 9.84 Å². The second kappa shape index (κ2) is 6.49. The number of rotatable bonds is 6. The summed E-state index contributed by atoms with van der Waals surface area (Å²) in [4.78, 5) is 3.85. The highest BCUT2D eigenvalue weighted by atomic mass is 32.2. The fourth-order valence-electron chi connectivity index (χ4n) is 1.24. The van der Waals surface area contributed by atoms with Crippen LogP contribution in [0.5, 0.6) is 5.75 Å². The molecule has 92 valence electrons. The molecule has 0 saturated carbocycles. The van der Waals surface area contributed by atoms with E-state index in [1.54, 1.807) is 12.1 Å². The third kappa shape index (κ3) is 4.26. The molecule has 4 nitrogen and oxygen atoms in total. The van der Waals surface area contributed by atoms with Crippen LogP contribution in [0, 0.1) is 0 Å². The smallest absolute Gasteiger partial charge is 0.180 e. The maximum atomic E-state index is 11.8. The van der Waals surface area contributed by atoms with Gasteiger partial charge in [-0.3, -0.25) is 0 Å². The van der Waals surface area contributed by atoms with Crippen molar-refractivity contribution in [3.05, 3.63) is 24.3 Å². The molecule has 0 aliphatic rings. The van der Waals surface area contributed by atoms with Crippen LogP contribution in [0.3, 0.4) is 0 Å². The Morgan fingerprint density at radius 1 is 1.35 bits per heavy atom. The predicted octanol–water partition coefficient (Wildman–Crippen LogP) is 1.96. The summed E-state index contributed by atoms with van der Waals surface area (Å²) in [7, 11) is -3.30. The number of aliphatic imine (C=N–C) groups is 1. The molecular formula is C11H13NO3S2. The van der Waals surface area contributed by atoms with Crippen LogP contribution in [0.2, 0.25) is 0 Å². The van der Waals surface area contributed by atoms with Crippen LogP contribution >= 0.6 is 12.2 Å². The average Bonchev–Trinajstić information content (AvgIpc) is 2.30. The molecule has 1 aromatic rings. The molecule has 0 spiro atoms. The highest BCUT2D eigenvalue weighted by Crippen LogP contribution is 2.16. The minimum Gasteiger partial charge on any atom is -0.494 e. The maximum Gasteiger partial charge on any atom is 0.180 e. The normalized spacial score (nSPS) is 10.6. The molecule has 0 bridgehead atoms. The van der Waals surface area contributed by atoms with Gasteiger partial charge in [-0.05, 0) is 43.4 Å². The second-order valence-corrected chi connectivity index (χ2v) is 5.49. The van der Waals surface area contributed by atoms with Gasteiger partial charge in [-0.25, -0.2) is 13.4 Å². The van der Waals surface area contributed by atoms with Crippen molar-refractivity contribution in [2.45, 2.75) is 11.8 Å². The van der Waals surface area contributed by atoms with E-state index in [0.29, 0.717) is 12.4 Å². The van der Waals surface area contributed by atoms with E-state index in [0.717, 1.165) is 0 Å². The largest absolute Gasteiger partial charge is 0.494 e. The first kappa shape index (κ1) is 13.8. The van der Waals surface area contributed by atoms with Gasteiger partial charge in [-0.15, -0.1) is 0 Å². The van der Waals surface area contributed by atoms with Crippen molar-refractivity contribution < 1.29 is 13.2 Å². The van der Waals surface area contributed by atoms with Gasteiger partial charge >= 0.3 is 0 Å².